The van der Waals surface area contributed by atoms with Gasteiger partial charge in [-0.2, -0.15) is 0 Å². The minimum atomic E-state index is -2.85. The van der Waals surface area contributed by atoms with E-state index in [9.17, 15) is 18.4 Å². The molecule has 1 rings (SSSR count). The number of hydrogen-bond donors (Lipinski definition) is 2. The number of carbonyl (C=O) groups is 2. The number of alkyl halides is 2. The molecule has 7 heteroatoms. The Balaban J connectivity index is 2.39. The van der Waals surface area contributed by atoms with Gasteiger partial charge in [-0.25, -0.2) is 13.6 Å². The van der Waals surface area contributed by atoms with Crippen molar-refractivity contribution in [3.63, 3.8) is 0 Å². The summed E-state index contributed by atoms with van der Waals surface area (Å²) >= 11 is 0. The molecule has 1 aromatic carbocycles. The van der Waals surface area contributed by atoms with Crippen molar-refractivity contribution >= 4 is 12.1 Å². The third-order valence-corrected chi connectivity index (χ3v) is 2.49. The molecule has 0 fully saturated rings. The molecule has 1 aromatic rings. The number of rotatable bonds is 7. The van der Waals surface area contributed by atoms with Crippen LogP contribution in [0.1, 0.15) is 18.4 Å². The normalized spacial score (nSPS) is 11.9. The van der Waals surface area contributed by atoms with E-state index in [1.807, 2.05) is 5.32 Å². The molecule has 0 bridgehead atoms. The van der Waals surface area contributed by atoms with Gasteiger partial charge >= 0.3 is 12.1 Å². The van der Waals surface area contributed by atoms with Gasteiger partial charge in [-0.3, -0.25) is 4.79 Å². The predicted octanol–water partition coefficient (Wildman–Crippen LogP) is 2.41. The Kier molecular flexibility index (Phi) is 6.42. The van der Waals surface area contributed by atoms with Crippen LogP contribution >= 0.6 is 0 Å². The van der Waals surface area contributed by atoms with Gasteiger partial charge in [-0.15, -0.1) is 0 Å². The first kappa shape index (κ1) is 15.9. The van der Waals surface area contributed by atoms with E-state index in [1.54, 1.807) is 30.3 Å². The molecule has 0 aliphatic heterocycles. The molecule has 0 aliphatic carbocycles. The van der Waals surface area contributed by atoms with Crippen LogP contribution in [0.15, 0.2) is 30.3 Å². The van der Waals surface area contributed by atoms with Gasteiger partial charge in [0.2, 0.25) is 0 Å². The van der Waals surface area contributed by atoms with Crippen molar-refractivity contribution < 1.29 is 28.2 Å². The van der Waals surface area contributed by atoms with Crippen LogP contribution in [0, 0.1) is 0 Å². The lowest BCUT2D eigenvalue weighted by Crippen LogP contribution is -2.40. The fourth-order valence-electron chi connectivity index (χ4n) is 1.46. The first-order valence-corrected chi connectivity index (χ1v) is 5.96. The quantitative estimate of drug-likeness (QED) is 0.807. The average molecular weight is 287 g/mol. The number of hydrogen-bond acceptors (Lipinski definition) is 3. The van der Waals surface area contributed by atoms with Crippen molar-refractivity contribution in [1.29, 1.82) is 0 Å². The number of benzene rings is 1. The van der Waals surface area contributed by atoms with Crippen molar-refractivity contribution in [3.8, 4) is 0 Å². The molecule has 5 nitrogen and oxygen atoms in total. The summed E-state index contributed by atoms with van der Waals surface area (Å²) in [5.41, 5.74) is 0.724. The maximum absolute atomic E-state index is 12.6. The van der Waals surface area contributed by atoms with E-state index in [1.165, 1.54) is 0 Å². The van der Waals surface area contributed by atoms with Crippen molar-refractivity contribution in [2.75, 3.05) is 0 Å². The van der Waals surface area contributed by atoms with Crippen LogP contribution in [-0.2, 0) is 16.1 Å². The highest BCUT2D eigenvalue weighted by Crippen LogP contribution is 2.09. The fourth-order valence-corrected chi connectivity index (χ4v) is 1.46. The molecule has 1 amide bonds. The van der Waals surface area contributed by atoms with Crippen molar-refractivity contribution in [2.24, 2.45) is 0 Å². The Morgan fingerprint density at radius 3 is 2.45 bits per heavy atom. The molecule has 0 saturated heterocycles. The molecule has 110 valence electrons. The molecule has 0 aliphatic rings. The van der Waals surface area contributed by atoms with Crippen LogP contribution in [0.2, 0.25) is 0 Å². The Hall–Kier alpha value is -2.18. The summed E-state index contributed by atoms with van der Waals surface area (Å²) in [6, 6.07) is 7.22. The van der Waals surface area contributed by atoms with E-state index in [0.29, 0.717) is 0 Å². The highest BCUT2D eigenvalue weighted by molar-refractivity contribution is 5.68. The summed E-state index contributed by atoms with van der Waals surface area (Å²) in [4.78, 5) is 21.7. The van der Waals surface area contributed by atoms with Crippen molar-refractivity contribution in [1.82, 2.24) is 5.32 Å². The first-order chi connectivity index (χ1) is 9.49. The molecule has 0 spiro atoms. The number of carboxylic acid groups (broad SMARTS) is 1. The van der Waals surface area contributed by atoms with Gasteiger partial charge in [0.1, 0.15) is 6.61 Å². The maximum atomic E-state index is 12.6. The van der Waals surface area contributed by atoms with Crippen LogP contribution in [-0.4, -0.2) is 29.6 Å². The second kappa shape index (κ2) is 8.08. The van der Waals surface area contributed by atoms with E-state index in [4.69, 9.17) is 9.84 Å². The lowest BCUT2D eigenvalue weighted by Gasteiger charge is -2.16. The molecule has 0 heterocycles. The second-order valence-electron chi connectivity index (χ2n) is 4.08. The van der Waals surface area contributed by atoms with Crippen molar-refractivity contribution in [3.05, 3.63) is 35.9 Å². The molecule has 0 saturated carbocycles. The summed E-state index contributed by atoms with van der Waals surface area (Å²) in [5, 5.41) is 10.4. The Bertz CT molecular complexity index is 439. The Morgan fingerprint density at radius 1 is 1.25 bits per heavy atom. The lowest BCUT2D eigenvalue weighted by molar-refractivity contribution is -0.137. The van der Waals surface area contributed by atoms with Gasteiger partial charge < -0.3 is 15.2 Å². The zero-order valence-electron chi connectivity index (χ0n) is 10.6. The standard InChI is InChI=1S/C13H15F2NO4/c14-12(15)10(6-7-11(17)18)16-13(19)20-8-9-4-2-1-3-5-9/h1-5,10,12H,6-8H2,(H,16,19)(H,17,18). The van der Waals surface area contributed by atoms with E-state index < -0.39 is 31.0 Å². The molecule has 2 N–H and O–H groups in total. The lowest BCUT2D eigenvalue weighted by atomic mass is 10.1. The van der Waals surface area contributed by atoms with E-state index >= 15 is 0 Å². The van der Waals surface area contributed by atoms with Crippen LogP contribution in [0.3, 0.4) is 0 Å². The highest BCUT2D eigenvalue weighted by atomic mass is 19.3. The van der Waals surface area contributed by atoms with Crippen LogP contribution in [0.25, 0.3) is 0 Å². The van der Waals surface area contributed by atoms with Crippen molar-refractivity contribution in [2.45, 2.75) is 31.9 Å². The highest BCUT2D eigenvalue weighted by Gasteiger charge is 2.23. The summed E-state index contributed by atoms with van der Waals surface area (Å²) < 4.78 is 30.0. The topological polar surface area (TPSA) is 75.6 Å². The first-order valence-electron chi connectivity index (χ1n) is 5.96. The monoisotopic (exact) mass is 287 g/mol. The maximum Gasteiger partial charge on any atom is 0.407 e. The zero-order valence-corrected chi connectivity index (χ0v) is 10.6. The smallest absolute Gasteiger partial charge is 0.407 e. The number of ether oxygens (including phenoxy) is 1. The van der Waals surface area contributed by atoms with Crippen LogP contribution < -0.4 is 5.32 Å². The zero-order chi connectivity index (χ0) is 15.0. The summed E-state index contributed by atoms with van der Waals surface area (Å²) in [7, 11) is 0. The summed E-state index contributed by atoms with van der Waals surface area (Å²) in [6.07, 6.45) is -4.65. The molecular formula is C13H15F2NO4. The van der Waals surface area contributed by atoms with Gasteiger partial charge in [-0.05, 0) is 12.0 Å². The largest absolute Gasteiger partial charge is 0.481 e. The SMILES string of the molecule is O=C(O)CCC(NC(=O)OCc1ccccc1)C(F)F. The van der Waals surface area contributed by atoms with E-state index in [0.717, 1.165) is 5.56 Å². The average Bonchev–Trinajstić information content (AvgIpc) is 2.41. The van der Waals surface area contributed by atoms with E-state index in [2.05, 4.69) is 0 Å². The minimum Gasteiger partial charge on any atom is -0.481 e. The van der Waals surface area contributed by atoms with Gasteiger partial charge in [0.05, 0.1) is 6.04 Å². The molecule has 0 aromatic heterocycles. The van der Waals surface area contributed by atoms with Gasteiger partial charge in [-0.1, -0.05) is 30.3 Å². The number of alkyl carbamates (subject to hydrolysis) is 1. The molecule has 20 heavy (non-hydrogen) atoms. The number of carbonyl (C=O) groups excluding carboxylic acids is 1. The van der Waals surface area contributed by atoms with Gasteiger partial charge in [0, 0.05) is 6.42 Å². The molecule has 1 unspecified atom stereocenters. The Labute approximate surface area is 114 Å². The molecular weight excluding hydrogens is 272 g/mol. The van der Waals surface area contributed by atoms with Crippen LogP contribution in [0.4, 0.5) is 13.6 Å². The number of aliphatic carboxylic acids is 1. The number of nitrogens with one attached hydrogen (secondary N) is 1. The number of halogens is 2. The van der Waals surface area contributed by atoms with Crippen LogP contribution in [0.5, 0.6) is 0 Å². The molecule has 0 radical (unpaired) electrons. The summed E-state index contributed by atoms with van der Waals surface area (Å²) in [6.45, 7) is -0.0401. The summed E-state index contributed by atoms with van der Waals surface area (Å²) in [5.74, 6) is -1.20. The predicted molar refractivity (Wildman–Crippen MR) is 66.4 cm³/mol. The van der Waals surface area contributed by atoms with E-state index in [-0.39, 0.29) is 13.0 Å². The van der Waals surface area contributed by atoms with Gasteiger partial charge in [0.15, 0.2) is 0 Å². The third-order valence-electron chi connectivity index (χ3n) is 2.49. The fraction of sp³-hybridized carbons (Fsp3) is 0.385. The Morgan fingerprint density at radius 2 is 1.90 bits per heavy atom. The molecule has 1 atom stereocenters. The number of amides is 1. The minimum absolute atomic E-state index is 0.0401. The van der Waals surface area contributed by atoms with Gasteiger partial charge in [0.25, 0.3) is 6.43 Å². The number of carboxylic acids is 1. The third kappa shape index (κ3) is 6.12. The second-order valence-corrected chi connectivity index (χ2v) is 4.08.